The van der Waals surface area contributed by atoms with Crippen LogP contribution in [0, 0.1) is 13.8 Å². The second kappa shape index (κ2) is 14.1. The topological polar surface area (TPSA) is 143 Å². The van der Waals surface area contributed by atoms with Crippen LogP contribution in [-0.4, -0.2) is 59.7 Å². The van der Waals surface area contributed by atoms with Crippen LogP contribution < -0.4 is 16.0 Å². The molecule has 3 N–H and O–H groups in total. The number of aliphatic imine (C=N–C) groups is 1. The third kappa shape index (κ3) is 6.95. The van der Waals surface area contributed by atoms with E-state index in [2.05, 4.69) is 20.3 Å². The SMILES string of the molecule is CCC1=C(C)C(=O)N=C1/C=c1\[nH]/c(=C\c2[nH]c(CC3NC(=O)C(CC)=C3C)c(C)c2CCC(=O)OC)c(CCC(=O)OC)c1C. The molecule has 2 aliphatic rings. The van der Waals surface area contributed by atoms with Crippen molar-refractivity contribution in [3.8, 4) is 0 Å². The lowest BCUT2D eigenvalue weighted by Crippen LogP contribution is -2.30. The lowest BCUT2D eigenvalue weighted by molar-refractivity contribution is -0.141. The van der Waals surface area contributed by atoms with Gasteiger partial charge in [0.1, 0.15) is 0 Å². The van der Waals surface area contributed by atoms with Gasteiger partial charge >= 0.3 is 11.9 Å². The lowest BCUT2D eigenvalue weighted by Gasteiger charge is -2.12. The van der Waals surface area contributed by atoms with E-state index < -0.39 is 0 Å². The van der Waals surface area contributed by atoms with E-state index in [0.717, 1.165) is 61.1 Å². The molecule has 1 atom stereocenters. The molecule has 0 fully saturated rings. The van der Waals surface area contributed by atoms with Gasteiger partial charge in [-0.2, -0.15) is 0 Å². The molecule has 0 aliphatic carbocycles. The van der Waals surface area contributed by atoms with Crippen LogP contribution in [0.3, 0.4) is 0 Å². The monoisotopic (exact) mass is 616 g/mol. The molecule has 45 heavy (non-hydrogen) atoms. The van der Waals surface area contributed by atoms with Gasteiger partial charge in [-0.05, 0) is 98.9 Å². The van der Waals surface area contributed by atoms with Crippen molar-refractivity contribution in [1.29, 1.82) is 0 Å². The molecule has 0 spiro atoms. The van der Waals surface area contributed by atoms with Gasteiger partial charge < -0.3 is 24.8 Å². The second-order valence-electron chi connectivity index (χ2n) is 11.6. The molecule has 0 saturated heterocycles. The van der Waals surface area contributed by atoms with E-state index in [1.54, 1.807) is 6.92 Å². The standard InChI is InChI=1S/C35H44N4O6/c1-9-22-21(6)34(42)39-29(22)16-27-20(5)25(12-14-33(41)45-8)31(37-27)17-30-24(11-13-32(40)44-7)19(4)26(36-30)15-28-18(3)23(10-2)35(43)38-28/h16-17,28,36-37H,9-15H2,1-8H3,(H,38,43)/b27-16-,31-17-. The van der Waals surface area contributed by atoms with Gasteiger partial charge in [0.25, 0.3) is 5.91 Å². The molecule has 0 aromatic carbocycles. The summed E-state index contributed by atoms with van der Waals surface area (Å²) in [4.78, 5) is 60.6. The van der Waals surface area contributed by atoms with Gasteiger partial charge in [0.05, 0.1) is 26.0 Å². The number of nitrogens with zero attached hydrogens (tertiary/aromatic N) is 1. The molecular formula is C35H44N4O6. The van der Waals surface area contributed by atoms with Crippen LogP contribution >= 0.6 is 0 Å². The summed E-state index contributed by atoms with van der Waals surface area (Å²) in [6, 6.07) is -0.116. The second-order valence-corrected chi connectivity index (χ2v) is 11.6. The zero-order valence-corrected chi connectivity index (χ0v) is 27.6. The number of methoxy groups -OCH3 is 2. The molecule has 10 heteroatoms. The summed E-state index contributed by atoms with van der Waals surface area (Å²) < 4.78 is 9.85. The maximum atomic E-state index is 12.5. The minimum Gasteiger partial charge on any atom is -0.469 e. The molecule has 4 heterocycles. The molecule has 2 aromatic rings. The Morgan fingerprint density at radius 1 is 0.822 bits per heavy atom. The molecule has 10 nitrogen and oxygen atoms in total. The Balaban J connectivity index is 1.86. The molecule has 1 unspecified atom stereocenters. The minimum absolute atomic E-state index is 0.0207. The van der Waals surface area contributed by atoms with Gasteiger partial charge in [-0.1, -0.05) is 13.8 Å². The summed E-state index contributed by atoms with van der Waals surface area (Å²) in [6.45, 7) is 11.8. The van der Waals surface area contributed by atoms with Gasteiger partial charge in [-0.3, -0.25) is 19.2 Å². The average Bonchev–Trinajstić information content (AvgIpc) is 3.66. The number of amides is 2. The number of H-pyrrole nitrogens is 2. The van der Waals surface area contributed by atoms with E-state index in [0.29, 0.717) is 43.4 Å². The largest absolute Gasteiger partial charge is 0.469 e. The van der Waals surface area contributed by atoms with Crippen LogP contribution in [0.15, 0.2) is 27.3 Å². The quantitative estimate of drug-likeness (QED) is 0.313. The van der Waals surface area contributed by atoms with Gasteiger partial charge in [0, 0.05) is 52.5 Å². The number of hydrogen-bond donors (Lipinski definition) is 3. The molecular weight excluding hydrogens is 572 g/mol. The van der Waals surface area contributed by atoms with Crippen molar-refractivity contribution >= 4 is 41.6 Å². The number of hydrogen-bond acceptors (Lipinski definition) is 6. The number of rotatable bonds is 12. The number of allylic oxidation sites excluding steroid dienone is 1. The molecule has 240 valence electrons. The number of aromatic nitrogens is 2. The number of carbonyl (C=O) groups excluding carboxylic acids is 4. The summed E-state index contributed by atoms with van der Waals surface area (Å²) in [6.07, 6.45) is 7.18. The van der Waals surface area contributed by atoms with Crippen molar-refractivity contribution in [2.45, 2.75) is 92.5 Å². The zero-order chi connectivity index (χ0) is 33.0. The average molecular weight is 617 g/mol. The Kier molecular flexibility index (Phi) is 10.5. The summed E-state index contributed by atoms with van der Waals surface area (Å²) in [5, 5.41) is 4.71. The molecule has 2 amide bonds. The summed E-state index contributed by atoms with van der Waals surface area (Å²) in [7, 11) is 2.75. The highest BCUT2D eigenvalue weighted by Gasteiger charge is 2.29. The first-order valence-corrected chi connectivity index (χ1v) is 15.5. The van der Waals surface area contributed by atoms with E-state index in [1.807, 2.05) is 46.8 Å². The number of aromatic amines is 2. The molecule has 0 radical (unpaired) electrons. The van der Waals surface area contributed by atoms with E-state index in [9.17, 15) is 19.2 Å². The van der Waals surface area contributed by atoms with Crippen molar-refractivity contribution in [3.63, 3.8) is 0 Å². The summed E-state index contributed by atoms with van der Waals surface area (Å²) in [5.41, 5.74) is 9.78. The van der Waals surface area contributed by atoms with Crippen LogP contribution in [0.2, 0.25) is 0 Å². The van der Waals surface area contributed by atoms with Gasteiger partial charge in [-0.25, -0.2) is 4.99 Å². The molecule has 0 saturated carbocycles. The maximum absolute atomic E-state index is 12.5. The maximum Gasteiger partial charge on any atom is 0.305 e. The smallest absolute Gasteiger partial charge is 0.305 e. The predicted octanol–water partition coefficient (Wildman–Crippen LogP) is 3.26. The van der Waals surface area contributed by atoms with E-state index in [1.165, 1.54) is 14.2 Å². The predicted molar refractivity (Wildman–Crippen MR) is 173 cm³/mol. The van der Waals surface area contributed by atoms with Crippen molar-refractivity contribution in [3.05, 3.63) is 66.6 Å². The Bertz CT molecular complexity index is 1760. The highest BCUT2D eigenvalue weighted by molar-refractivity contribution is 6.30. The zero-order valence-electron chi connectivity index (χ0n) is 27.6. The van der Waals surface area contributed by atoms with Crippen molar-refractivity contribution in [2.24, 2.45) is 4.99 Å². The first-order valence-electron chi connectivity index (χ1n) is 15.5. The fraction of sp³-hybridized carbons (Fsp3) is 0.457. The number of carbonyl (C=O) groups is 4. The summed E-state index contributed by atoms with van der Waals surface area (Å²) in [5.74, 6) is -0.854. The van der Waals surface area contributed by atoms with E-state index in [-0.39, 0.29) is 42.6 Å². The fourth-order valence-electron chi connectivity index (χ4n) is 6.31. The van der Waals surface area contributed by atoms with Crippen LogP contribution in [0.4, 0.5) is 0 Å². The number of esters is 2. The highest BCUT2D eigenvalue weighted by Crippen LogP contribution is 2.27. The fourth-order valence-corrected chi connectivity index (χ4v) is 6.31. The normalized spacial score (nSPS) is 17.5. The molecule has 4 rings (SSSR count). The van der Waals surface area contributed by atoms with Crippen LogP contribution in [0.1, 0.15) is 87.0 Å². The van der Waals surface area contributed by atoms with Crippen molar-refractivity contribution in [1.82, 2.24) is 15.3 Å². The van der Waals surface area contributed by atoms with Gasteiger partial charge in [0.2, 0.25) is 5.91 Å². The number of nitrogens with one attached hydrogen (secondary N) is 3. The molecule has 2 aliphatic heterocycles. The molecule has 0 bridgehead atoms. The minimum atomic E-state index is -0.310. The first kappa shape index (κ1) is 33.4. The van der Waals surface area contributed by atoms with Crippen LogP contribution in [0.5, 0.6) is 0 Å². The Morgan fingerprint density at radius 3 is 2.02 bits per heavy atom. The lowest BCUT2D eigenvalue weighted by atomic mass is 9.98. The Hall–Kier alpha value is -4.47. The van der Waals surface area contributed by atoms with Crippen molar-refractivity contribution in [2.75, 3.05) is 14.2 Å². The van der Waals surface area contributed by atoms with Gasteiger partial charge in [-0.15, -0.1) is 0 Å². The van der Waals surface area contributed by atoms with Crippen molar-refractivity contribution < 1.29 is 28.7 Å². The van der Waals surface area contributed by atoms with Crippen LogP contribution in [-0.2, 0) is 47.9 Å². The van der Waals surface area contributed by atoms with E-state index >= 15 is 0 Å². The Morgan fingerprint density at radius 2 is 1.44 bits per heavy atom. The third-order valence-corrected chi connectivity index (χ3v) is 9.15. The third-order valence-electron chi connectivity index (χ3n) is 9.15. The van der Waals surface area contributed by atoms with Gasteiger partial charge in [0.15, 0.2) is 0 Å². The van der Waals surface area contributed by atoms with E-state index in [4.69, 9.17) is 9.47 Å². The first-order chi connectivity index (χ1) is 21.4. The highest BCUT2D eigenvalue weighted by atomic mass is 16.5. The van der Waals surface area contributed by atoms with Crippen LogP contribution in [0.25, 0.3) is 12.2 Å². The Labute approximate surface area is 263 Å². The summed E-state index contributed by atoms with van der Waals surface area (Å²) >= 11 is 0. The molecule has 2 aromatic heterocycles. The number of ether oxygens (including phenoxy) is 2.